The van der Waals surface area contributed by atoms with Crippen LogP contribution < -0.4 is 5.32 Å². The highest BCUT2D eigenvalue weighted by Crippen LogP contribution is 2.25. The summed E-state index contributed by atoms with van der Waals surface area (Å²) >= 11 is 0. The SMILES string of the molecule is CCCNC(c1cnn(CC)c1)c1cnn2ccncc12. The fraction of sp³-hybridized carbons (Fsp3) is 0.400. The smallest absolute Gasteiger partial charge is 0.0896 e. The molecule has 0 aromatic carbocycles. The summed E-state index contributed by atoms with van der Waals surface area (Å²) in [5.41, 5.74) is 3.31. The van der Waals surface area contributed by atoms with Gasteiger partial charge in [0.2, 0.25) is 0 Å². The molecule has 110 valence electrons. The third-order valence-electron chi connectivity index (χ3n) is 3.57. The van der Waals surface area contributed by atoms with Gasteiger partial charge in [-0.2, -0.15) is 10.2 Å². The number of fused-ring (bicyclic) bond motifs is 1. The Morgan fingerprint density at radius 1 is 1.19 bits per heavy atom. The minimum Gasteiger partial charge on any atom is -0.306 e. The molecule has 0 amide bonds. The van der Waals surface area contributed by atoms with E-state index in [1.165, 1.54) is 0 Å². The van der Waals surface area contributed by atoms with E-state index in [1.54, 1.807) is 6.20 Å². The van der Waals surface area contributed by atoms with Crippen LogP contribution in [0.3, 0.4) is 0 Å². The van der Waals surface area contributed by atoms with Crippen molar-refractivity contribution in [1.82, 2.24) is 29.7 Å². The Labute approximate surface area is 123 Å². The molecule has 0 fully saturated rings. The molecule has 1 atom stereocenters. The molecule has 6 nitrogen and oxygen atoms in total. The zero-order valence-corrected chi connectivity index (χ0v) is 12.4. The van der Waals surface area contributed by atoms with Gasteiger partial charge in [0.15, 0.2) is 0 Å². The summed E-state index contributed by atoms with van der Waals surface area (Å²) in [6, 6.07) is 0.0898. The minimum atomic E-state index is 0.0898. The molecular weight excluding hydrogens is 264 g/mol. The summed E-state index contributed by atoms with van der Waals surface area (Å²) in [7, 11) is 0. The Balaban J connectivity index is 2.02. The molecule has 1 N–H and O–H groups in total. The lowest BCUT2D eigenvalue weighted by Crippen LogP contribution is -2.22. The summed E-state index contributed by atoms with van der Waals surface area (Å²) in [5.74, 6) is 0. The molecule has 3 aromatic rings. The number of aromatic nitrogens is 5. The third kappa shape index (κ3) is 2.67. The molecule has 3 heterocycles. The van der Waals surface area contributed by atoms with Crippen molar-refractivity contribution in [1.29, 1.82) is 0 Å². The lowest BCUT2D eigenvalue weighted by Gasteiger charge is -2.16. The monoisotopic (exact) mass is 284 g/mol. The van der Waals surface area contributed by atoms with Gasteiger partial charge < -0.3 is 5.32 Å². The van der Waals surface area contributed by atoms with Crippen molar-refractivity contribution >= 4 is 5.52 Å². The fourth-order valence-corrected chi connectivity index (χ4v) is 2.47. The molecule has 3 aromatic heterocycles. The van der Waals surface area contributed by atoms with Gasteiger partial charge in [-0.05, 0) is 19.9 Å². The van der Waals surface area contributed by atoms with Crippen LogP contribution in [-0.4, -0.2) is 30.9 Å². The first-order valence-electron chi connectivity index (χ1n) is 7.36. The topological polar surface area (TPSA) is 60.0 Å². The lowest BCUT2D eigenvalue weighted by molar-refractivity contribution is 0.599. The van der Waals surface area contributed by atoms with Crippen LogP contribution in [0.4, 0.5) is 0 Å². The van der Waals surface area contributed by atoms with E-state index in [9.17, 15) is 0 Å². The highest BCUT2D eigenvalue weighted by atomic mass is 15.3. The van der Waals surface area contributed by atoms with Gasteiger partial charge in [0, 0.05) is 36.3 Å². The van der Waals surface area contributed by atoms with Crippen LogP contribution >= 0.6 is 0 Å². The number of nitrogens with one attached hydrogen (secondary N) is 1. The van der Waals surface area contributed by atoms with E-state index in [1.807, 2.05) is 34.0 Å². The first-order chi connectivity index (χ1) is 10.3. The first kappa shape index (κ1) is 13.8. The van der Waals surface area contributed by atoms with Crippen LogP contribution in [0.25, 0.3) is 5.52 Å². The van der Waals surface area contributed by atoms with Gasteiger partial charge >= 0.3 is 0 Å². The van der Waals surface area contributed by atoms with Crippen molar-refractivity contribution in [3.63, 3.8) is 0 Å². The Kier molecular flexibility index (Phi) is 3.96. The third-order valence-corrected chi connectivity index (χ3v) is 3.57. The van der Waals surface area contributed by atoms with Crippen LogP contribution in [-0.2, 0) is 6.54 Å². The highest BCUT2D eigenvalue weighted by Gasteiger charge is 2.19. The summed E-state index contributed by atoms with van der Waals surface area (Å²) in [6.07, 6.45) is 12.5. The largest absolute Gasteiger partial charge is 0.306 e. The van der Waals surface area contributed by atoms with Crippen LogP contribution in [0.5, 0.6) is 0 Å². The Morgan fingerprint density at radius 3 is 2.86 bits per heavy atom. The van der Waals surface area contributed by atoms with E-state index in [2.05, 4.69) is 40.5 Å². The van der Waals surface area contributed by atoms with E-state index >= 15 is 0 Å². The van der Waals surface area contributed by atoms with E-state index in [0.29, 0.717) is 0 Å². The van der Waals surface area contributed by atoms with Crippen LogP contribution in [0, 0.1) is 0 Å². The summed E-state index contributed by atoms with van der Waals surface area (Å²) in [6.45, 7) is 6.07. The second-order valence-electron chi connectivity index (χ2n) is 5.02. The van der Waals surface area contributed by atoms with Gasteiger partial charge in [-0.25, -0.2) is 4.52 Å². The zero-order valence-electron chi connectivity index (χ0n) is 12.4. The molecule has 0 bridgehead atoms. The van der Waals surface area contributed by atoms with Crippen molar-refractivity contribution in [2.24, 2.45) is 0 Å². The molecule has 0 aliphatic carbocycles. The normalized spacial score (nSPS) is 12.9. The Morgan fingerprint density at radius 2 is 2.10 bits per heavy atom. The van der Waals surface area contributed by atoms with Gasteiger partial charge in [0.05, 0.1) is 30.1 Å². The van der Waals surface area contributed by atoms with Gasteiger partial charge in [-0.15, -0.1) is 0 Å². The predicted molar refractivity (Wildman–Crippen MR) is 81.0 cm³/mol. The number of hydrogen-bond donors (Lipinski definition) is 1. The number of rotatable bonds is 6. The fourth-order valence-electron chi connectivity index (χ4n) is 2.47. The van der Waals surface area contributed by atoms with Crippen molar-refractivity contribution in [3.8, 4) is 0 Å². The van der Waals surface area contributed by atoms with Crippen LogP contribution in [0.15, 0.2) is 37.2 Å². The molecule has 1 unspecified atom stereocenters. The summed E-state index contributed by atoms with van der Waals surface area (Å²) in [5, 5.41) is 12.4. The average Bonchev–Trinajstić information content (AvgIpc) is 3.15. The lowest BCUT2D eigenvalue weighted by atomic mass is 10.0. The van der Waals surface area contributed by atoms with E-state index in [-0.39, 0.29) is 6.04 Å². The standard InChI is InChI=1S/C15H20N6/c1-3-5-17-15(12-8-18-20(4-2)11-12)13-9-19-21-7-6-16-10-14(13)21/h6-11,15,17H,3-5H2,1-2H3. The molecule has 0 aliphatic rings. The maximum absolute atomic E-state index is 4.41. The molecular formula is C15H20N6. The van der Waals surface area contributed by atoms with Crippen molar-refractivity contribution in [2.45, 2.75) is 32.9 Å². The van der Waals surface area contributed by atoms with Crippen molar-refractivity contribution in [2.75, 3.05) is 6.54 Å². The maximum atomic E-state index is 4.41. The molecule has 0 saturated carbocycles. The highest BCUT2D eigenvalue weighted by molar-refractivity contribution is 5.55. The van der Waals surface area contributed by atoms with Gasteiger partial charge in [-0.1, -0.05) is 6.92 Å². The van der Waals surface area contributed by atoms with Crippen molar-refractivity contribution < 1.29 is 0 Å². The summed E-state index contributed by atoms with van der Waals surface area (Å²) in [4.78, 5) is 4.21. The Bertz CT molecular complexity index is 714. The van der Waals surface area contributed by atoms with Gasteiger partial charge in [0.1, 0.15) is 0 Å². The minimum absolute atomic E-state index is 0.0898. The van der Waals surface area contributed by atoms with Crippen molar-refractivity contribution in [3.05, 3.63) is 48.3 Å². The molecule has 0 aliphatic heterocycles. The second-order valence-corrected chi connectivity index (χ2v) is 5.02. The van der Waals surface area contributed by atoms with E-state index in [0.717, 1.165) is 36.2 Å². The number of nitrogens with zero attached hydrogens (tertiary/aromatic N) is 5. The van der Waals surface area contributed by atoms with Gasteiger partial charge in [0.25, 0.3) is 0 Å². The molecule has 6 heteroatoms. The quantitative estimate of drug-likeness (QED) is 0.752. The van der Waals surface area contributed by atoms with Crippen LogP contribution in [0.2, 0.25) is 0 Å². The molecule has 21 heavy (non-hydrogen) atoms. The molecule has 3 rings (SSSR count). The first-order valence-corrected chi connectivity index (χ1v) is 7.36. The number of hydrogen-bond acceptors (Lipinski definition) is 4. The van der Waals surface area contributed by atoms with E-state index in [4.69, 9.17) is 0 Å². The average molecular weight is 284 g/mol. The summed E-state index contributed by atoms with van der Waals surface area (Å²) < 4.78 is 3.80. The van der Waals surface area contributed by atoms with E-state index < -0.39 is 0 Å². The molecule has 0 radical (unpaired) electrons. The molecule has 0 spiro atoms. The Hall–Kier alpha value is -2.21. The maximum Gasteiger partial charge on any atom is 0.0896 e. The van der Waals surface area contributed by atoms with Gasteiger partial charge in [-0.3, -0.25) is 9.67 Å². The zero-order chi connectivity index (χ0) is 14.7. The number of aryl methyl sites for hydroxylation is 1. The second kappa shape index (κ2) is 6.05. The molecule has 0 saturated heterocycles. The van der Waals surface area contributed by atoms with Crippen LogP contribution in [0.1, 0.15) is 37.4 Å². The predicted octanol–water partition coefficient (Wildman–Crippen LogP) is 2.03.